The molecule has 0 atom stereocenters. The van der Waals surface area contributed by atoms with E-state index in [2.05, 4.69) is 31.5 Å². The van der Waals surface area contributed by atoms with Crippen molar-refractivity contribution < 1.29 is 0 Å². The molecule has 0 radical (unpaired) electrons. The Balaban J connectivity index is 2.12. The highest BCUT2D eigenvalue weighted by Gasteiger charge is 2.11. The molecule has 2 aromatic carbocycles. The van der Waals surface area contributed by atoms with E-state index in [9.17, 15) is 0 Å². The normalized spacial score (nSPS) is 10.6. The maximum absolute atomic E-state index is 5.99. The summed E-state index contributed by atoms with van der Waals surface area (Å²) in [6, 6.07) is 15.3. The van der Waals surface area contributed by atoms with E-state index in [1.165, 1.54) is 0 Å². The monoisotopic (exact) mass is 334 g/mol. The molecular formula is C13H8BrClN4. The van der Waals surface area contributed by atoms with Crippen molar-refractivity contribution in [1.82, 2.24) is 20.2 Å². The molecule has 0 aliphatic heterocycles. The Morgan fingerprint density at radius 1 is 1.05 bits per heavy atom. The van der Waals surface area contributed by atoms with Crippen molar-refractivity contribution in [3.8, 4) is 17.1 Å². The van der Waals surface area contributed by atoms with Crippen LogP contribution in [0.4, 0.5) is 0 Å². The van der Waals surface area contributed by atoms with Gasteiger partial charge in [-0.3, -0.25) is 0 Å². The summed E-state index contributed by atoms with van der Waals surface area (Å²) in [7, 11) is 0. The minimum atomic E-state index is 0.651. The van der Waals surface area contributed by atoms with Crippen LogP contribution in [0.1, 0.15) is 0 Å². The topological polar surface area (TPSA) is 43.6 Å². The molecular weight excluding hydrogens is 328 g/mol. The lowest BCUT2D eigenvalue weighted by Gasteiger charge is -2.05. The van der Waals surface area contributed by atoms with Gasteiger partial charge < -0.3 is 0 Å². The molecule has 0 unspecified atom stereocenters. The fourth-order valence-electron chi connectivity index (χ4n) is 1.75. The van der Waals surface area contributed by atoms with Crippen LogP contribution in [0.2, 0.25) is 5.02 Å². The lowest BCUT2D eigenvalue weighted by Crippen LogP contribution is -1.99. The standard InChI is InChI=1S/C13H8BrClN4/c14-11-8-10(6-7-12(11)15)19-13(16-17-18-19)9-4-2-1-3-5-9/h1-8H. The number of hydrogen-bond donors (Lipinski definition) is 0. The van der Waals surface area contributed by atoms with Crippen molar-refractivity contribution in [2.24, 2.45) is 0 Å². The third kappa shape index (κ3) is 2.39. The molecule has 1 aromatic heterocycles. The number of aromatic nitrogens is 4. The van der Waals surface area contributed by atoms with Gasteiger partial charge in [-0.25, -0.2) is 0 Å². The number of benzene rings is 2. The molecule has 0 saturated carbocycles. The van der Waals surface area contributed by atoms with Crippen LogP contribution in [0.15, 0.2) is 53.0 Å². The zero-order chi connectivity index (χ0) is 13.2. The highest BCUT2D eigenvalue weighted by Crippen LogP contribution is 2.26. The molecule has 0 aliphatic carbocycles. The van der Waals surface area contributed by atoms with Crippen molar-refractivity contribution in [2.45, 2.75) is 0 Å². The highest BCUT2D eigenvalue weighted by molar-refractivity contribution is 9.10. The lowest BCUT2D eigenvalue weighted by molar-refractivity contribution is 0.791. The zero-order valence-corrected chi connectivity index (χ0v) is 12.0. The Hall–Kier alpha value is -1.72. The largest absolute Gasteiger partial charge is 0.193 e. The lowest BCUT2D eigenvalue weighted by atomic mass is 10.2. The summed E-state index contributed by atoms with van der Waals surface area (Å²) in [5, 5.41) is 12.5. The highest BCUT2D eigenvalue weighted by atomic mass is 79.9. The van der Waals surface area contributed by atoms with Crippen LogP contribution in [-0.4, -0.2) is 20.2 Å². The van der Waals surface area contributed by atoms with Gasteiger partial charge in [-0.05, 0) is 44.6 Å². The van der Waals surface area contributed by atoms with Crippen molar-refractivity contribution >= 4 is 27.5 Å². The van der Waals surface area contributed by atoms with Gasteiger partial charge in [0.25, 0.3) is 0 Å². The van der Waals surface area contributed by atoms with Crippen LogP contribution in [0, 0.1) is 0 Å². The molecule has 0 aliphatic rings. The van der Waals surface area contributed by atoms with E-state index >= 15 is 0 Å². The van der Waals surface area contributed by atoms with Gasteiger partial charge in [0.05, 0.1) is 10.7 Å². The van der Waals surface area contributed by atoms with E-state index in [4.69, 9.17) is 11.6 Å². The van der Waals surface area contributed by atoms with Crippen LogP contribution in [-0.2, 0) is 0 Å². The smallest absolute Gasteiger partial charge is 0.187 e. The molecule has 0 bridgehead atoms. The van der Waals surface area contributed by atoms with E-state index in [-0.39, 0.29) is 0 Å². The fourth-order valence-corrected chi connectivity index (χ4v) is 2.23. The first-order valence-corrected chi connectivity index (χ1v) is 6.72. The first-order chi connectivity index (χ1) is 9.25. The Kier molecular flexibility index (Phi) is 3.31. The van der Waals surface area contributed by atoms with E-state index < -0.39 is 0 Å². The Morgan fingerprint density at radius 3 is 2.58 bits per heavy atom. The van der Waals surface area contributed by atoms with Gasteiger partial charge in [-0.15, -0.1) is 5.10 Å². The Labute approximate surface area is 123 Å². The van der Waals surface area contributed by atoms with Crippen LogP contribution in [0.25, 0.3) is 17.1 Å². The van der Waals surface area contributed by atoms with Gasteiger partial charge in [0.1, 0.15) is 0 Å². The molecule has 4 nitrogen and oxygen atoms in total. The maximum Gasteiger partial charge on any atom is 0.187 e. The van der Waals surface area contributed by atoms with Crippen molar-refractivity contribution in [3.05, 3.63) is 58.0 Å². The van der Waals surface area contributed by atoms with Gasteiger partial charge in [0.2, 0.25) is 0 Å². The molecule has 6 heteroatoms. The summed E-state index contributed by atoms with van der Waals surface area (Å²) in [5.41, 5.74) is 1.80. The van der Waals surface area contributed by atoms with Crippen molar-refractivity contribution in [2.75, 3.05) is 0 Å². The minimum absolute atomic E-state index is 0.651. The first-order valence-electron chi connectivity index (χ1n) is 5.55. The molecule has 0 fully saturated rings. The van der Waals surface area contributed by atoms with Crippen LogP contribution in [0.5, 0.6) is 0 Å². The van der Waals surface area contributed by atoms with E-state index in [1.807, 2.05) is 42.5 Å². The summed E-state index contributed by atoms with van der Waals surface area (Å²) >= 11 is 9.39. The summed E-state index contributed by atoms with van der Waals surface area (Å²) in [4.78, 5) is 0. The summed E-state index contributed by atoms with van der Waals surface area (Å²) < 4.78 is 2.48. The molecule has 3 rings (SSSR count). The first kappa shape index (κ1) is 12.3. The number of nitrogens with zero attached hydrogens (tertiary/aromatic N) is 4. The van der Waals surface area contributed by atoms with Gasteiger partial charge in [0.15, 0.2) is 5.82 Å². The van der Waals surface area contributed by atoms with Gasteiger partial charge in [0, 0.05) is 10.0 Å². The predicted octanol–water partition coefficient (Wildman–Crippen LogP) is 3.75. The summed E-state index contributed by atoms with van der Waals surface area (Å²) in [6.07, 6.45) is 0. The number of halogens is 2. The second-order valence-corrected chi connectivity index (χ2v) is 5.14. The Bertz CT molecular complexity index is 712. The van der Waals surface area contributed by atoms with E-state index in [0.29, 0.717) is 10.8 Å². The second kappa shape index (κ2) is 5.11. The minimum Gasteiger partial charge on any atom is -0.193 e. The van der Waals surface area contributed by atoms with Crippen molar-refractivity contribution in [1.29, 1.82) is 0 Å². The molecule has 0 N–H and O–H groups in total. The number of hydrogen-bond acceptors (Lipinski definition) is 3. The van der Waals surface area contributed by atoms with Crippen molar-refractivity contribution in [3.63, 3.8) is 0 Å². The Morgan fingerprint density at radius 2 is 1.84 bits per heavy atom. The molecule has 0 saturated heterocycles. The van der Waals surface area contributed by atoms with Crippen LogP contribution in [0.3, 0.4) is 0 Å². The number of rotatable bonds is 2. The average molecular weight is 336 g/mol. The third-order valence-electron chi connectivity index (χ3n) is 2.65. The van der Waals surface area contributed by atoms with Gasteiger partial charge in [-0.1, -0.05) is 41.9 Å². The molecule has 0 spiro atoms. The molecule has 0 amide bonds. The molecule has 1 heterocycles. The maximum atomic E-state index is 5.99. The fraction of sp³-hybridized carbons (Fsp3) is 0. The van der Waals surface area contributed by atoms with Gasteiger partial charge in [-0.2, -0.15) is 4.68 Å². The molecule has 19 heavy (non-hydrogen) atoms. The third-order valence-corrected chi connectivity index (χ3v) is 3.86. The SMILES string of the molecule is Clc1ccc(-n2nnnc2-c2ccccc2)cc1Br. The molecule has 3 aromatic rings. The van der Waals surface area contributed by atoms with Gasteiger partial charge >= 0.3 is 0 Å². The predicted molar refractivity (Wildman–Crippen MR) is 77.3 cm³/mol. The van der Waals surface area contributed by atoms with E-state index in [1.54, 1.807) is 10.7 Å². The number of tetrazole rings is 1. The second-order valence-electron chi connectivity index (χ2n) is 3.88. The zero-order valence-electron chi connectivity index (χ0n) is 9.66. The van der Waals surface area contributed by atoms with E-state index in [0.717, 1.165) is 15.7 Å². The van der Waals surface area contributed by atoms with Crippen LogP contribution >= 0.6 is 27.5 Å². The average Bonchev–Trinajstić information content (AvgIpc) is 2.92. The molecule has 94 valence electrons. The van der Waals surface area contributed by atoms with Crippen LogP contribution < -0.4 is 0 Å². The quantitative estimate of drug-likeness (QED) is 0.716. The summed E-state index contributed by atoms with van der Waals surface area (Å²) in [5.74, 6) is 0.690. The summed E-state index contributed by atoms with van der Waals surface area (Å²) in [6.45, 7) is 0.